The van der Waals surface area contributed by atoms with E-state index >= 15 is 0 Å². The van der Waals surface area contributed by atoms with Crippen molar-refractivity contribution in [2.75, 3.05) is 6.79 Å². The van der Waals surface area contributed by atoms with Crippen LogP contribution in [0.3, 0.4) is 0 Å². The van der Waals surface area contributed by atoms with Gasteiger partial charge in [0.25, 0.3) is 0 Å². The summed E-state index contributed by atoms with van der Waals surface area (Å²) >= 11 is 3.48. The first kappa shape index (κ1) is 26.7. The molecule has 1 heterocycles. The molecule has 0 unspecified atom stereocenters. The molecule has 0 radical (unpaired) electrons. The summed E-state index contributed by atoms with van der Waals surface area (Å²) < 4.78 is 11.9. The van der Waals surface area contributed by atoms with Crippen LogP contribution in [0, 0.1) is 0 Å². The van der Waals surface area contributed by atoms with Crippen molar-refractivity contribution >= 4 is 27.7 Å². The molecule has 194 valence electrons. The van der Waals surface area contributed by atoms with Gasteiger partial charge in [0.2, 0.25) is 18.6 Å². The van der Waals surface area contributed by atoms with Crippen molar-refractivity contribution in [1.82, 2.24) is 10.2 Å². The Morgan fingerprint density at radius 2 is 1.65 bits per heavy atom. The third kappa shape index (κ3) is 7.35. The molecule has 0 aliphatic carbocycles. The molecule has 0 saturated carbocycles. The van der Waals surface area contributed by atoms with Gasteiger partial charge in [-0.15, -0.1) is 0 Å². The van der Waals surface area contributed by atoms with Gasteiger partial charge in [0.15, 0.2) is 11.5 Å². The molecule has 2 amide bonds. The zero-order chi connectivity index (χ0) is 26.2. The second kappa shape index (κ2) is 12.8. The fourth-order valence-corrected chi connectivity index (χ4v) is 4.54. The van der Waals surface area contributed by atoms with Crippen LogP contribution in [0.25, 0.3) is 0 Å². The van der Waals surface area contributed by atoms with Crippen LogP contribution >= 0.6 is 15.9 Å². The lowest BCUT2D eigenvalue weighted by atomic mass is 10.0. The van der Waals surface area contributed by atoms with Gasteiger partial charge in [-0.2, -0.15) is 0 Å². The molecule has 1 N–H and O–H groups in total. The molecule has 0 saturated heterocycles. The molecule has 3 aromatic carbocycles. The summed E-state index contributed by atoms with van der Waals surface area (Å²) in [5.41, 5.74) is 2.97. The summed E-state index contributed by atoms with van der Waals surface area (Å²) in [6.45, 7) is 4.58. The van der Waals surface area contributed by atoms with Gasteiger partial charge in [-0.05, 0) is 60.7 Å². The van der Waals surface area contributed by atoms with E-state index in [0.717, 1.165) is 33.3 Å². The van der Waals surface area contributed by atoms with Gasteiger partial charge in [0.1, 0.15) is 6.04 Å². The number of fused-ring (bicyclic) bond motifs is 1. The molecule has 0 bridgehead atoms. The summed E-state index contributed by atoms with van der Waals surface area (Å²) in [6, 6.07) is 22.9. The maximum Gasteiger partial charge on any atom is 0.243 e. The van der Waals surface area contributed by atoms with E-state index < -0.39 is 6.04 Å². The van der Waals surface area contributed by atoms with E-state index in [9.17, 15) is 9.59 Å². The Hall–Kier alpha value is -3.32. The second-order valence-electron chi connectivity index (χ2n) is 9.36. The normalized spacial score (nSPS) is 13.6. The minimum Gasteiger partial charge on any atom is -0.454 e. The number of hydrogen-bond donors (Lipinski definition) is 1. The average Bonchev–Trinajstić information content (AvgIpc) is 3.39. The maximum absolute atomic E-state index is 13.8. The first-order valence-corrected chi connectivity index (χ1v) is 13.5. The number of hydrogen-bond acceptors (Lipinski definition) is 4. The number of nitrogens with one attached hydrogen (secondary N) is 1. The summed E-state index contributed by atoms with van der Waals surface area (Å²) in [4.78, 5) is 29.1. The fourth-order valence-electron chi connectivity index (χ4n) is 4.27. The first-order valence-electron chi connectivity index (χ1n) is 12.7. The fraction of sp³-hybridized carbons (Fsp3) is 0.333. The number of amides is 2. The predicted molar refractivity (Wildman–Crippen MR) is 147 cm³/mol. The van der Waals surface area contributed by atoms with Gasteiger partial charge < -0.3 is 19.7 Å². The lowest BCUT2D eigenvalue weighted by Crippen LogP contribution is -2.52. The maximum atomic E-state index is 13.8. The molecule has 2 atom stereocenters. The van der Waals surface area contributed by atoms with Crippen molar-refractivity contribution in [1.29, 1.82) is 0 Å². The van der Waals surface area contributed by atoms with Gasteiger partial charge in [0.05, 0.1) is 0 Å². The molecule has 0 fully saturated rings. The lowest BCUT2D eigenvalue weighted by Gasteiger charge is -2.32. The highest BCUT2D eigenvalue weighted by Gasteiger charge is 2.31. The van der Waals surface area contributed by atoms with Crippen LogP contribution in [0.5, 0.6) is 11.5 Å². The van der Waals surface area contributed by atoms with Crippen LogP contribution in [0.2, 0.25) is 0 Å². The number of aryl methyl sites for hydroxylation is 1. The number of benzene rings is 3. The van der Waals surface area contributed by atoms with E-state index in [-0.39, 0.29) is 31.1 Å². The van der Waals surface area contributed by atoms with Gasteiger partial charge in [0, 0.05) is 29.9 Å². The molecular weight excluding hydrogens is 532 g/mol. The minimum absolute atomic E-state index is 0.0176. The topological polar surface area (TPSA) is 67.9 Å². The molecule has 1 aliphatic heterocycles. The molecule has 3 aromatic rings. The van der Waals surface area contributed by atoms with E-state index in [1.165, 1.54) is 0 Å². The summed E-state index contributed by atoms with van der Waals surface area (Å²) in [6.07, 6.45) is 2.07. The van der Waals surface area contributed by atoms with E-state index in [4.69, 9.17) is 9.47 Å². The minimum atomic E-state index is -0.635. The molecule has 7 heteroatoms. The van der Waals surface area contributed by atoms with Gasteiger partial charge in [-0.25, -0.2) is 0 Å². The first-order chi connectivity index (χ1) is 17.9. The quantitative estimate of drug-likeness (QED) is 0.326. The van der Waals surface area contributed by atoms with Crippen molar-refractivity contribution in [3.63, 3.8) is 0 Å². The Balaban J connectivity index is 1.59. The predicted octanol–water partition coefficient (Wildman–Crippen LogP) is 5.67. The van der Waals surface area contributed by atoms with Crippen molar-refractivity contribution < 1.29 is 19.1 Å². The van der Waals surface area contributed by atoms with Crippen LogP contribution in [0.4, 0.5) is 0 Å². The SMILES string of the molecule is CC[C@@H](C)NC(=O)[C@H](Cc1ccccc1)N(Cc1ccc(Br)cc1)C(=O)CCc1ccc2c(c1)OCO2. The van der Waals surface area contributed by atoms with Crippen LogP contribution in [-0.4, -0.2) is 35.6 Å². The highest BCUT2D eigenvalue weighted by Crippen LogP contribution is 2.33. The van der Waals surface area contributed by atoms with E-state index in [1.54, 1.807) is 4.90 Å². The summed E-state index contributed by atoms with van der Waals surface area (Å²) in [5.74, 6) is 1.22. The Kier molecular flexibility index (Phi) is 9.23. The zero-order valence-electron chi connectivity index (χ0n) is 21.3. The number of carbonyl (C=O) groups is 2. The number of ether oxygens (including phenoxy) is 2. The van der Waals surface area contributed by atoms with Crippen LogP contribution in [0.1, 0.15) is 43.4 Å². The highest BCUT2D eigenvalue weighted by molar-refractivity contribution is 9.10. The Morgan fingerprint density at radius 3 is 2.38 bits per heavy atom. The summed E-state index contributed by atoms with van der Waals surface area (Å²) in [7, 11) is 0. The van der Waals surface area contributed by atoms with Gasteiger partial charge in [-0.1, -0.05) is 71.4 Å². The van der Waals surface area contributed by atoms with E-state index in [0.29, 0.717) is 25.1 Å². The lowest BCUT2D eigenvalue weighted by molar-refractivity contribution is -0.141. The monoisotopic (exact) mass is 564 g/mol. The molecule has 0 aromatic heterocycles. The molecule has 1 aliphatic rings. The Labute approximate surface area is 227 Å². The van der Waals surface area contributed by atoms with Gasteiger partial charge in [-0.3, -0.25) is 9.59 Å². The van der Waals surface area contributed by atoms with Crippen LogP contribution in [0.15, 0.2) is 77.3 Å². The third-order valence-corrected chi connectivity index (χ3v) is 7.13. The number of halogens is 1. The standard InChI is InChI=1S/C30H33BrN2O4/c1-3-21(2)32-30(35)26(17-22-7-5-4-6-8-22)33(19-24-9-13-25(31)14-10-24)29(34)16-12-23-11-15-27-28(18-23)37-20-36-27/h4-11,13-15,18,21,26H,3,12,16-17,19-20H2,1-2H3,(H,32,35)/t21-,26+/m1/s1. The van der Waals surface area contributed by atoms with Crippen LogP contribution < -0.4 is 14.8 Å². The average molecular weight is 566 g/mol. The largest absolute Gasteiger partial charge is 0.454 e. The highest BCUT2D eigenvalue weighted by atomic mass is 79.9. The molecule has 6 nitrogen and oxygen atoms in total. The second-order valence-corrected chi connectivity index (χ2v) is 10.3. The van der Waals surface area contributed by atoms with Crippen molar-refractivity contribution in [2.45, 2.75) is 58.2 Å². The Morgan fingerprint density at radius 1 is 0.946 bits per heavy atom. The summed E-state index contributed by atoms with van der Waals surface area (Å²) in [5, 5.41) is 3.11. The van der Waals surface area contributed by atoms with Crippen molar-refractivity contribution in [3.8, 4) is 11.5 Å². The molecule has 0 spiro atoms. The molecular formula is C30H33BrN2O4. The van der Waals surface area contributed by atoms with Gasteiger partial charge >= 0.3 is 0 Å². The van der Waals surface area contributed by atoms with Crippen LogP contribution in [-0.2, 0) is 29.0 Å². The van der Waals surface area contributed by atoms with Crippen molar-refractivity contribution in [2.24, 2.45) is 0 Å². The number of nitrogens with zero attached hydrogens (tertiary/aromatic N) is 1. The molecule has 4 rings (SSSR count). The van der Waals surface area contributed by atoms with Crippen molar-refractivity contribution in [3.05, 3.63) is 94.0 Å². The zero-order valence-corrected chi connectivity index (χ0v) is 22.9. The number of carbonyl (C=O) groups excluding carboxylic acids is 2. The van der Waals surface area contributed by atoms with E-state index in [2.05, 4.69) is 21.2 Å². The van der Waals surface area contributed by atoms with E-state index in [1.807, 2.05) is 86.6 Å². The Bertz CT molecular complexity index is 1200. The number of rotatable bonds is 11. The third-order valence-electron chi connectivity index (χ3n) is 6.60. The molecule has 37 heavy (non-hydrogen) atoms. The smallest absolute Gasteiger partial charge is 0.243 e.